The topological polar surface area (TPSA) is 26.7 Å². The number of piperazine rings is 1. The molecule has 21 heavy (non-hydrogen) atoms. The van der Waals surface area contributed by atoms with E-state index in [9.17, 15) is 18.3 Å². The molecule has 0 atom stereocenters. The Morgan fingerprint density at radius 2 is 1.48 bits per heavy atom. The van der Waals surface area contributed by atoms with E-state index in [0.717, 1.165) is 16.7 Å². The standard InChI is InChI=1S/C15H21F3N2O/c1-11-7-13(8-12(2)14(11)21)9-19-3-5-20(6-4-19)10-15(16,17)18/h7-8,21H,3-6,9-10H2,1-2H3. The maximum Gasteiger partial charge on any atom is 0.401 e. The van der Waals surface area contributed by atoms with Crippen LogP contribution in [0, 0.1) is 13.8 Å². The van der Waals surface area contributed by atoms with Crippen LogP contribution in [-0.4, -0.2) is 53.8 Å². The Kier molecular flexibility index (Phi) is 4.78. The van der Waals surface area contributed by atoms with Crippen LogP contribution in [0.3, 0.4) is 0 Å². The molecule has 0 aromatic heterocycles. The summed E-state index contributed by atoms with van der Waals surface area (Å²) < 4.78 is 37.0. The Morgan fingerprint density at radius 1 is 1.00 bits per heavy atom. The minimum Gasteiger partial charge on any atom is -0.507 e. The number of aryl methyl sites for hydroxylation is 2. The summed E-state index contributed by atoms with van der Waals surface area (Å²) in [7, 11) is 0. The molecular weight excluding hydrogens is 281 g/mol. The summed E-state index contributed by atoms with van der Waals surface area (Å²) in [6, 6.07) is 3.87. The number of phenols is 1. The fourth-order valence-electron chi connectivity index (χ4n) is 2.75. The second-order valence-corrected chi connectivity index (χ2v) is 5.75. The molecule has 0 saturated carbocycles. The highest BCUT2D eigenvalue weighted by Crippen LogP contribution is 2.24. The Morgan fingerprint density at radius 3 is 1.95 bits per heavy atom. The van der Waals surface area contributed by atoms with Gasteiger partial charge in [-0.05, 0) is 30.5 Å². The quantitative estimate of drug-likeness (QED) is 0.930. The summed E-state index contributed by atoms with van der Waals surface area (Å²) >= 11 is 0. The molecule has 118 valence electrons. The van der Waals surface area contributed by atoms with Crippen molar-refractivity contribution < 1.29 is 18.3 Å². The summed E-state index contributed by atoms with van der Waals surface area (Å²) in [6.45, 7) is 5.75. The molecule has 6 heteroatoms. The van der Waals surface area contributed by atoms with Gasteiger partial charge >= 0.3 is 6.18 Å². The third-order valence-corrected chi connectivity index (χ3v) is 3.82. The second kappa shape index (κ2) is 6.23. The molecule has 1 aromatic carbocycles. The number of benzene rings is 1. The first-order valence-electron chi connectivity index (χ1n) is 7.05. The molecule has 1 aliphatic heterocycles. The molecular formula is C15H21F3N2O. The summed E-state index contributed by atoms with van der Waals surface area (Å²) in [5.41, 5.74) is 2.76. The molecule has 1 heterocycles. The predicted octanol–water partition coefficient (Wildman–Crippen LogP) is 2.69. The van der Waals surface area contributed by atoms with Crippen molar-refractivity contribution >= 4 is 0 Å². The lowest BCUT2D eigenvalue weighted by Crippen LogP contribution is -2.48. The smallest absolute Gasteiger partial charge is 0.401 e. The van der Waals surface area contributed by atoms with E-state index in [1.165, 1.54) is 4.90 Å². The average molecular weight is 302 g/mol. The summed E-state index contributed by atoms with van der Waals surface area (Å²) in [5.74, 6) is 0.314. The number of nitrogens with zero attached hydrogens (tertiary/aromatic N) is 2. The highest BCUT2D eigenvalue weighted by Gasteiger charge is 2.32. The lowest BCUT2D eigenvalue weighted by Gasteiger charge is -2.35. The van der Waals surface area contributed by atoms with E-state index in [-0.39, 0.29) is 0 Å². The first kappa shape index (κ1) is 16.1. The Labute approximate surface area is 123 Å². The van der Waals surface area contributed by atoms with Crippen molar-refractivity contribution in [3.8, 4) is 5.75 Å². The predicted molar refractivity (Wildman–Crippen MR) is 75.4 cm³/mol. The minimum absolute atomic E-state index is 0.314. The number of rotatable bonds is 3. The lowest BCUT2D eigenvalue weighted by atomic mass is 10.1. The van der Waals surface area contributed by atoms with Gasteiger partial charge in [0, 0.05) is 32.7 Å². The zero-order valence-electron chi connectivity index (χ0n) is 12.4. The van der Waals surface area contributed by atoms with E-state index in [1.807, 2.05) is 26.0 Å². The highest BCUT2D eigenvalue weighted by atomic mass is 19.4. The zero-order valence-corrected chi connectivity index (χ0v) is 12.4. The molecule has 1 fully saturated rings. The molecule has 0 aliphatic carbocycles. The van der Waals surface area contributed by atoms with Crippen LogP contribution < -0.4 is 0 Å². The molecule has 0 unspecified atom stereocenters. The first-order chi connectivity index (χ1) is 9.74. The van der Waals surface area contributed by atoms with Gasteiger partial charge in [-0.1, -0.05) is 12.1 Å². The van der Waals surface area contributed by atoms with Gasteiger partial charge in [0.15, 0.2) is 0 Å². The van der Waals surface area contributed by atoms with Gasteiger partial charge in [0.2, 0.25) is 0 Å². The molecule has 2 rings (SSSR count). The van der Waals surface area contributed by atoms with E-state index >= 15 is 0 Å². The lowest BCUT2D eigenvalue weighted by molar-refractivity contribution is -0.149. The largest absolute Gasteiger partial charge is 0.507 e. The van der Waals surface area contributed by atoms with Gasteiger partial charge in [-0.25, -0.2) is 0 Å². The molecule has 0 spiro atoms. The maximum atomic E-state index is 12.3. The van der Waals surface area contributed by atoms with E-state index < -0.39 is 12.7 Å². The van der Waals surface area contributed by atoms with Gasteiger partial charge in [0.1, 0.15) is 5.75 Å². The molecule has 1 aromatic rings. The van der Waals surface area contributed by atoms with Gasteiger partial charge in [0.05, 0.1) is 6.54 Å². The summed E-state index contributed by atoms with van der Waals surface area (Å²) in [6.07, 6.45) is -4.12. The fraction of sp³-hybridized carbons (Fsp3) is 0.600. The van der Waals surface area contributed by atoms with E-state index in [0.29, 0.717) is 38.5 Å². The normalized spacial score (nSPS) is 18.1. The summed E-state index contributed by atoms with van der Waals surface area (Å²) in [4.78, 5) is 3.60. The van der Waals surface area contributed by atoms with Crippen molar-refractivity contribution in [2.45, 2.75) is 26.6 Å². The third-order valence-electron chi connectivity index (χ3n) is 3.82. The van der Waals surface area contributed by atoms with Gasteiger partial charge in [0.25, 0.3) is 0 Å². The second-order valence-electron chi connectivity index (χ2n) is 5.75. The van der Waals surface area contributed by atoms with Crippen molar-refractivity contribution in [2.24, 2.45) is 0 Å². The Bertz CT molecular complexity index is 471. The van der Waals surface area contributed by atoms with Crippen LogP contribution in [-0.2, 0) is 6.54 Å². The molecule has 0 bridgehead atoms. The van der Waals surface area contributed by atoms with E-state index in [1.54, 1.807) is 0 Å². The van der Waals surface area contributed by atoms with Gasteiger partial charge < -0.3 is 5.11 Å². The van der Waals surface area contributed by atoms with Crippen LogP contribution >= 0.6 is 0 Å². The van der Waals surface area contributed by atoms with Crippen molar-refractivity contribution in [3.63, 3.8) is 0 Å². The number of hydrogen-bond acceptors (Lipinski definition) is 3. The molecule has 0 amide bonds. The van der Waals surface area contributed by atoms with Crippen LogP contribution in [0.1, 0.15) is 16.7 Å². The Balaban J connectivity index is 1.89. The van der Waals surface area contributed by atoms with Crippen molar-refractivity contribution in [1.82, 2.24) is 9.80 Å². The van der Waals surface area contributed by atoms with Gasteiger partial charge in [-0.3, -0.25) is 9.80 Å². The molecule has 1 N–H and O–H groups in total. The molecule has 1 aliphatic rings. The Hall–Kier alpha value is -1.27. The monoisotopic (exact) mass is 302 g/mol. The fourth-order valence-corrected chi connectivity index (χ4v) is 2.75. The molecule has 1 saturated heterocycles. The van der Waals surface area contributed by atoms with Crippen LogP contribution in [0.15, 0.2) is 12.1 Å². The first-order valence-corrected chi connectivity index (χ1v) is 7.05. The minimum atomic E-state index is -4.12. The number of halogens is 3. The number of hydrogen-bond donors (Lipinski definition) is 1. The molecule has 3 nitrogen and oxygen atoms in total. The summed E-state index contributed by atoms with van der Waals surface area (Å²) in [5, 5.41) is 9.75. The molecule has 0 radical (unpaired) electrons. The van der Waals surface area contributed by atoms with Crippen molar-refractivity contribution in [1.29, 1.82) is 0 Å². The number of alkyl halides is 3. The van der Waals surface area contributed by atoms with Crippen LogP contribution in [0.25, 0.3) is 0 Å². The number of aromatic hydroxyl groups is 1. The maximum absolute atomic E-state index is 12.3. The van der Waals surface area contributed by atoms with Crippen LogP contribution in [0.5, 0.6) is 5.75 Å². The van der Waals surface area contributed by atoms with E-state index in [2.05, 4.69) is 4.90 Å². The van der Waals surface area contributed by atoms with Crippen LogP contribution in [0.2, 0.25) is 0 Å². The van der Waals surface area contributed by atoms with Gasteiger partial charge in [-0.2, -0.15) is 13.2 Å². The van der Waals surface area contributed by atoms with Crippen LogP contribution in [0.4, 0.5) is 13.2 Å². The van der Waals surface area contributed by atoms with Crippen molar-refractivity contribution in [2.75, 3.05) is 32.7 Å². The average Bonchev–Trinajstić information content (AvgIpc) is 2.36. The number of phenolic OH excluding ortho intramolecular Hbond substituents is 1. The van der Waals surface area contributed by atoms with Gasteiger partial charge in [-0.15, -0.1) is 0 Å². The van der Waals surface area contributed by atoms with Crippen molar-refractivity contribution in [3.05, 3.63) is 28.8 Å². The third kappa shape index (κ3) is 4.61. The SMILES string of the molecule is Cc1cc(CN2CCN(CC(F)(F)F)CC2)cc(C)c1O. The highest BCUT2D eigenvalue weighted by molar-refractivity contribution is 5.42. The van der Waals surface area contributed by atoms with E-state index in [4.69, 9.17) is 0 Å². The zero-order chi connectivity index (χ0) is 15.6.